The maximum absolute atomic E-state index is 6.34. The number of aryl methyl sites for hydroxylation is 1. The molecule has 2 aromatic rings. The van der Waals surface area contributed by atoms with Crippen molar-refractivity contribution >= 4 is 50.5 Å². The molecule has 1 nitrogen and oxygen atoms in total. The highest BCUT2D eigenvalue weighted by Crippen LogP contribution is 2.38. The Labute approximate surface area is 136 Å². The van der Waals surface area contributed by atoms with Gasteiger partial charge in [-0.1, -0.05) is 36.2 Å². The second-order valence-corrected chi connectivity index (χ2v) is 7.64. The van der Waals surface area contributed by atoms with Crippen molar-refractivity contribution in [2.45, 2.75) is 19.9 Å². The van der Waals surface area contributed by atoms with Gasteiger partial charge in [0, 0.05) is 20.5 Å². The first-order chi connectivity index (χ1) is 9.04. The zero-order chi connectivity index (χ0) is 14.0. The Morgan fingerprint density at radius 1 is 1.32 bits per heavy atom. The summed E-state index contributed by atoms with van der Waals surface area (Å²) in [6.45, 7) is 5.04. The van der Waals surface area contributed by atoms with Crippen LogP contribution >= 0.6 is 50.5 Å². The van der Waals surface area contributed by atoms with Crippen LogP contribution < -0.4 is 5.32 Å². The van der Waals surface area contributed by atoms with Gasteiger partial charge in [-0.05, 0) is 53.2 Å². The fourth-order valence-electron chi connectivity index (χ4n) is 2.10. The van der Waals surface area contributed by atoms with Crippen molar-refractivity contribution < 1.29 is 0 Å². The number of halogens is 3. The van der Waals surface area contributed by atoms with Crippen LogP contribution in [0, 0.1) is 6.92 Å². The Balaban J connectivity index is 2.54. The third-order valence-electron chi connectivity index (χ3n) is 2.93. The Hall–Kier alpha value is -0.0600. The summed E-state index contributed by atoms with van der Waals surface area (Å²) in [5, 5.41) is 4.86. The quantitative estimate of drug-likeness (QED) is 0.706. The Morgan fingerprint density at radius 3 is 2.42 bits per heavy atom. The fourth-order valence-corrected chi connectivity index (χ4v) is 4.47. The second-order valence-electron chi connectivity index (χ2n) is 4.19. The van der Waals surface area contributed by atoms with E-state index < -0.39 is 0 Å². The van der Waals surface area contributed by atoms with E-state index in [0.29, 0.717) is 10.0 Å². The average Bonchev–Trinajstić information content (AvgIpc) is 2.67. The first kappa shape index (κ1) is 15.3. The van der Waals surface area contributed by atoms with E-state index in [-0.39, 0.29) is 6.04 Å². The predicted molar refractivity (Wildman–Crippen MR) is 88.7 cm³/mol. The molecule has 1 aromatic heterocycles. The predicted octanol–water partition coefficient (Wildman–Crippen LogP) is 5.82. The van der Waals surface area contributed by atoms with E-state index in [1.807, 2.05) is 18.2 Å². The van der Waals surface area contributed by atoms with Gasteiger partial charge in [0.05, 0.1) is 9.83 Å². The van der Waals surface area contributed by atoms with Gasteiger partial charge in [-0.2, -0.15) is 0 Å². The standard InChI is InChI=1S/C14H14BrCl2NS/c1-3-18-14(9-7-12(15)19-8(9)2)13-10(16)5-4-6-11(13)17/h4-7,14,18H,3H2,1-2H3. The van der Waals surface area contributed by atoms with E-state index in [4.69, 9.17) is 23.2 Å². The molecule has 19 heavy (non-hydrogen) atoms. The summed E-state index contributed by atoms with van der Waals surface area (Å²) in [5.74, 6) is 0. The van der Waals surface area contributed by atoms with E-state index in [0.717, 1.165) is 15.9 Å². The maximum atomic E-state index is 6.34. The Kier molecular flexibility index (Phi) is 5.32. The molecule has 0 aliphatic carbocycles. The van der Waals surface area contributed by atoms with Crippen LogP contribution in [0.15, 0.2) is 28.1 Å². The molecule has 102 valence electrons. The molecule has 0 spiro atoms. The molecular formula is C14H14BrCl2NS. The summed E-state index contributed by atoms with van der Waals surface area (Å²) in [5.41, 5.74) is 2.16. The second kappa shape index (κ2) is 6.59. The van der Waals surface area contributed by atoms with Crippen molar-refractivity contribution in [3.05, 3.63) is 54.1 Å². The topological polar surface area (TPSA) is 12.0 Å². The van der Waals surface area contributed by atoms with Crippen LogP contribution in [0.4, 0.5) is 0 Å². The van der Waals surface area contributed by atoms with Crippen LogP contribution in [0.5, 0.6) is 0 Å². The van der Waals surface area contributed by atoms with E-state index in [1.54, 1.807) is 11.3 Å². The molecule has 0 fully saturated rings. The van der Waals surface area contributed by atoms with Crippen molar-refractivity contribution in [1.82, 2.24) is 5.32 Å². The van der Waals surface area contributed by atoms with E-state index >= 15 is 0 Å². The van der Waals surface area contributed by atoms with Gasteiger partial charge >= 0.3 is 0 Å². The summed E-state index contributed by atoms with van der Waals surface area (Å²) < 4.78 is 1.12. The lowest BCUT2D eigenvalue weighted by Crippen LogP contribution is -2.22. The van der Waals surface area contributed by atoms with Gasteiger partial charge in [-0.25, -0.2) is 0 Å². The van der Waals surface area contributed by atoms with Gasteiger partial charge in [0.25, 0.3) is 0 Å². The zero-order valence-corrected chi connectivity index (χ0v) is 14.6. The highest BCUT2D eigenvalue weighted by molar-refractivity contribution is 9.11. The molecule has 5 heteroatoms. The zero-order valence-electron chi connectivity index (χ0n) is 10.6. The average molecular weight is 379 g/mol. The fraction of sp³-hybridized carbons (Fsp3) is 0.286. The normalized spacial score (nSPS) is 12.7. The first-order valence-electron chi connectivity index (χ1n) is 5.97. The highest BCUT2D eigenvalue weighted by atomic mass is 79.9. The number of nitrogens with one attached hydrogen (secondary N) is 1. The molecule has 1 N–H and O–H groups in total. The van der Waals surface area contributed by atoms with Crippen LogP contribution in [0.1, 0.15) is 29.0 Å². The molecular weight excluding hydrogens is 365 g/mol. The third kappa shape index (κ3) is 3.34. The van der Waals surface area contributed by atoms with Gasteiger partial charge in [-0.3, -0.25) is 0 Å². The lowest BCUT2D eigenvalue weighted by atomic mass is 9.99. The van der Waals surface area contributed by atoms with Crippen molar-refractivity contribution in [1.29, 1.82) is 0 Å². The van der Waals surface area contributed by atoms with Crippen molar-refractivity contribution in [2.24, 2.45) is 0 Å². The third-order valence-corrected chi connectivity index (χ3v) is 5.16. The number of hydrogen-bond donors (Lipinski definition) is 1. The minimum Gasteiger partial charge on any atom is -0.306 e. The molecule has 0 saturated carbocycles. The number of thiophene rings is 1. The monoisotopic (exact) mass is 377 g/mol. The Bertz CT molecular complexity index is 563. The summed E-state index contributed by atoms with van der Waals surface area (Å²) in [6, 6.07) is 7.78. The lowest BCUT2D eigenvalue weighted by molar-refractivity contribution is 0.630. The van der Waals surface area contributed by atoms with Crippen LogP contribution in [-0.2, 0) is 0 Å². The molecule has 1 atom stereocenters. The van der Waals surface area contributed by atoms with Gasteiger partial charge < -0.3 is 5.32 Å². The number of benzene rings is 1. The molecule has 1 aromatic carbocycles. The van der Waals surface area contributed by atoms with Crippen LogP contribution in [0.3, 0.4) is 0 Å². The molecule has 0 bridgehead atoms. The number of hydrogen-bond acceptors (Lipinski definition) is 2. The highest BCUT2D eigenvalue weighted by Gasteiger charge is 2.22. The smallest absolute Gasteiger partial charge is 0.0704 e. The van der Waals surface area contributed by atoms with Crippen LogP contribution in [-0.4, -0.2) is 6.54 Å². The maximum Gasteiger partial charge on any atom is 0.0704 e. The van der Waals surface area contributed by atoms with Crippen molar-refractivity contribution in [3.8, 4) is 0 Å². The van der Waals surface area contributed by atoms with Crippen molar-refractivity contribution in [3.63, 3.8) is 0 Å². The van der Waals surface area contributed by atoms with Gasteiger partial charge in [0.15, 0.2) is 0 Å². The van der Waals surface area contributed by atoms with Gasteiger partial charge in [0.2, 0.25) is 0 Å². The van der Waals surface area contributed by atoms with E-state index in [1.165, 1.54) is 10.4 Å². The lowest BCUT2D eigenvalue weighted by Gasteiger charge is -2.21. The van der Waals surface area contributed by atoms with Crippen LogP contribution in [0.25, 0.3) is 0 Å². The molecule has 0 aliphatic heterocycles. The molecule has 1 unspecified atom stereocenters. The molecule has 1 heterocycles. The molecule has 0 saturated heterocycles. The largest absolute Gasteiger partial charge is 0.306 e. The summed E-state index contributed by atoms with van der Waals surface area (Å²) in [6.07, 6.45) is 0. The SMILES string of the molecule is CCNC(c1cc(Br)sc1C)c1c(Cl)cccc1Cl. The van der Waals surface area contributed by atoms with Gasteiger partial charge in [0.1, 0.15) is 0 Å². The number of rotatable bonds is 4. The minimum absolute atomic E-state index is 0.0220. The summed E-state index contributed by atoms with van der Waals surface area (Å²) >= 11 is 17.9. The van der Waals surface area contributed by atoms with Crippen molar-refractivity contribution in [2.75, 3.05) is 6.54 Å². The Morgan fingerprint density at radius 2 is 1.95 bits per heavy atom. The molecule has 0 aliphatic rings. The molecule has 0 radical (unpaired) electrons. The van der Waals surface area contributed by atoms with Gasteiger partial charge in [-0.15, -0.1) is 11.3 Å². The summed E-state index contributed by atoms with van der Waals surface area (Å²) in [7, 11) is 0. The molecule has 2 rings (SSSR count). The van der Waals surface area contributed by atoms with Crippen LogP contribution in [0.2, 0.25) is 10.0 Å². The summed E-state index contributed by atoms with van der Waals surface area (Å²) in [4.78, 5) is 1.26. The van der Waals surface area contributed by atoms with E-state index in [2.05, 4.69) is 41.2 Å². The minimum atomic E-state index is 0.0220. The molecule has 0 amide bonds. The first-order valence-corrected chi connectivity index (χ1v) is 8.34. The van der Waals surface area contributed by atoms with E-state index in [9.17, 15) is 0 Å².